The minimum atomic E-state index is -0.236. The number of nitrogens with one attached hydrogen (secondary N) is 1. The molecule has 0 spiro atoms. The Kier molecular flexibility index (Phi) is 6.20. The first-order valence-corrected chi connectivity index (χ1v) is 8.22. The van der Waals surface area contributed by atoms with Gasteiger partial charge < -0.3 is 16.0 Å². The van der Waals surface area contributed by atoms with Crippen LogP contribution in [0.5, 0.6) is 0 Å². The van der Waals surface area contributed by atoms with Gasteiger partial charge in [-0.2, -0.15) is 0 Å². The summed E-state index contributed by atoms with van der Waals surface area (Å²) in [5, 5.41) is 5.39. The van der Waals surface area contributed by atoms with Gasteiger partial charge in [0.2, 0.25) is 0 Å². The minimum absolute atomic E-state index is 0.233. The molecule has 2 rings (SSSR count). The van der Waals surface area contributed by atoms with Crippen molar-refractivity contribution in [3.8, 4) is 0 Å². The molecule has 0 aliphatic heterocycles. The highest BCUT2D eigenvalue weighted by atomic mass is 32.1. The van der Waals surface area contributed by atoms with Crippen molar-refractivity contribution in [1.82, 2.24) is 15.2 Å². The van der Waals surface area contributed by atoms with Crippen molar-refractivity contribution in [1.29, 1.82) is 0 Å². The van der Waals surface area contributed by atoms with Gasteiger partial charge in [-0.1, -0.05) is 6.07 Å². The number of nitrogens with zero attached hydrogens (tertiary/aromatic N) is 2. The average molecular weight is 336 g/mol. The second-order valence-electron chi connectivity index (χ2n) is 5.51. The summed E-state index contributed by atoms with van der Waals surface area (Å²) < 4.78 is 13.7. The Morgan fingerprint density at radius 1 is 1.43 bits per heavy atom. The Morgan fingerprint density at radius 2 is 2.22 bits per heavy atom. The second-order valence-corrected chi connectivity index (χ2v) is 6.45. The second kappa shape index (κ2) is 8.14. The van der Waals surface area contributed by atoms with Gasteiger partial charge in [-0.25, -0.2) is 9.37 Å². The Labute approximate surface area is 139 Å². The zero-order valence-electron chi connectivity index (χ0n) is 13.3. The van der Waals surface area contributed by atoms with Crippen LogP contribution in [0.25, 0.3) is 0 Å². The number of hydrogen-bond acceptors (Lipinski definition) is 5. The van der Waals surface area contributed by atoms with Crippen LogP contribution in [0, 0.1) is 5.82 Å². The summed E-state index contributed by atoms with van der Waals surface area (Å²) in [6, 6.07) is 4.88. The third kappa shape index (κ3) is 5.09. The molecule has 0 atom stereocenters. The number of amides is 1. The molecule has 3 N–H and O–H groups in total. The normalized spacial score (nSPS) is 11.0. The van der Waals surface area contributed by atoms with Gasteiger partial charge in [0.15, 0.2) is 0 Å². The minimum Gasteiger partial charge on any atom is -0.347 e. The van der Waals surface area contributed by atoms with E-state index in [9.17, 15) is 9.18 Å². The van der Waals surface area contributed by atoms with Crippen molar-refractivity contribution in [2.75, 3.05) is 20.6 Å². The van der Waals surface area contributed by atoms with Crippen LogP contribution in [0.1, 0.15) is 26.6 Å². The van der Waals surface area contributed by atoms with E-state index in [2.05, 4.69) is 10.3 Å². The fraction of sp³-hybridized carbons (Fsp3) is 0.375. The summed E-state index contributed by atoms with van der Waals surface area (Å²) >= 11 is 1.43. The summed E-state index contributed by atoms with van der Waals surface area (Å²) in [6.45, 7) is 1.37. The zero-order chi connectivity index (χ0) is 16.8. The van der Waals surface area contributed by atoms with Crippen molar-refractivity contribution < 1.29 is 9.18 Å². The van der Waals surface area contributed by atoms with Crippen molar-refractivity contribution in [3.63, 3.8) is 0 Å². The van der Waals surface area contributed by atoms with Gasteiger partial charge in [-0.15, -0.1) is 11.3 Å². The molecule has 2 aromatic rings. The highest BCUT2D eigenvalue weighted by molar-refractivity contribution is 7.09. The van der Waals surface area contributed by atoms with Crippen LogP contribution in [0.3, 0.4) is 0 Å². The van der Waals surface area contributed by atoms with E-state index in [1.54, 1.807) is 17.5 Å². The number of aromatic nitrogens is 1. The molecule has 124 valence electrons. The van der Waals surface area contributed by atoms with E-state index in [1.165, 1.54) is 17.4 Å². The molecule has 1 amide bonds. The molecule has 0 saturated carbocycles. The lowest BCUT2D eigenvalue weighted by molar-refractivity contribution is 0.0946. The summed E-state index contributed by atoms with van der Waals surface area (Å²) in [5.74, 6) is -0.470. The third-order valence-corrected chi connectivity index (χ3v) is 4.10. The largest absolute Gasteiger partial charge is 0.347 e. The van der Waals surface area contributed by atoms with E-state index < -0.39 is 0 Å². The number of rotatable bonds is 7. The fourth-order valence-electron chi connectivity index (χ4n) is 2.13. The smallest absolute Gasteiger partial charge is 0.271 e. The van der Waals surface area contributed by atoms with Crippen molar-refractivity contribution in [2.24, 2.45) is 5.73 Å². The van der Waals surface area contributed by atoms with Crippen molar-refractivity contribution >= 4 is 17.2 Å². The van der Waals surface area contributed by atoms with Gasteiger partial charge in [0, 0.05) is 30.5 Å². The van der Waals surface area contributed by atoms with E-state index in [-0.39, 0.29) is 11.7 Å². The average Bonchev–Trinajstić information content (AvgIpc) is 2.96. The Balaban J connectivity index is 1.98. The van der Waals surface area contributed by atoms with Gasteiger partial charge >= 0.3 is 0 Å². The number of halogens is 1. The maximum Gasteiger partial charge on any atom is 0.271 e. The molecule has 0 bridgehead atoms. The van der Waals surface area contributed by atoms with E-state index in [4.69, 9.17) is 5.73 Å². The maximum atomic E-state index is 13.7. The molecule has 0 saturated heterocycles. The third-order valence-electron chi connectivity index (χ3n) is 3.19. The highest BCUT2D eigenvalue weighted by Gasteiger charge is 2.11. The molecule has 0 aliphatic carbocycles. The lowest BCUT2D eigenvalue weighted by Gasteiger charge is -2.12. The number of carbonyl (C=O) groups excluding carboxylic acids is 1. The SMILES string of the molecule is CN(C)Cc1cc(CNC(=O)c2csc(CCN)n2)ccc1F. The molecular weight excluding hydrogens is 315 g/mol. The van der Waals surface area contributed by atoms with E-state index in [0.717, 1.165) is 10.6 Å². The molecule has 1 heterocycles. The van der Waals surface area contributed by atoms with Gasteiger partial charge in [-0.05, 0) is 38.3 Å². The van der Waals surface area contributed by atoms with Gasteiger partial charge in [0.05, 0.1) is 5.01 Å². The molecule has 23 heavy (non-hydrogen) atoms. The predicted molar refractivity (Wildman–Crippen MR) is 89.8 cm³/mol. The Morgan fingerprint density at radius 3 is 2.91 bits per heavy atom. The molecule has 1 aromatic carbocycles. The number of thiazole rings is 1. The van der Waals surface area contributed by atoms with E-state index in [1.807, 2.05) is 19.0 Å². The van der Waals surface area contributed by atoms with Crippen LogP contribution in [0.4, 0.5) is 4.39 Å². The summed E-state index contributed by atoms with van der Waals surface area (Å²) in [4.78, 5) is 18.2. The van der Waals surface area contributed by atoms with Gasteiger partial charge in [0.1, 0.15) is 11.5 Å². The molecule has 0 fully saturated rings. The highest BCUT2D eigenvalue weighted by Crippen LogP contribution is 2.13. The summed E-state index contributed by atoms with van der Waals surface area (Å²) in [5.41, 5.74) is 7.34. The van der Waals surface area contributed by atoms with Crippen LogP contribution in [0.2, 0.25) is 0 Å². The first kappa shape index (κ1) is 17.5. The van der Waals surface area contributed by atoms with Crippen LogP contribution < -0.4 is 11.1 Å². The molecule has 5 nitrogen and oxygen atoms in total. The lowest BCUT2D eigenvalue weighted by atomic mass is 10.1. The zero-order valence-corrected chi connectivity index (χ0v) is 14.1. The first-order valence-electron chi connectivity index (χ1n) is 7.34. The summed E-state index contributed by atoms with van der Waals surface area (Å²) in [7, 11) is 3.77. The van der Waals surface area contributed by atoms with Gasteiger partial charge in [-0.3, -0.25) is 4.79 Å². The number of nitrogens with two attached hydrogens (primary N) is 1. The van der Waals surface area contributed by atoms with Crippen LogP contribution in [-0.2, 0) is 19.5 Å². The number of benzene rings is 1. The lowest BCUT2D eigenvalue weighted by Crippen LogP contribution is -2.23. The maximum absolute atomic E-state index is 13.7. The van der Waals surface area contributed by atoms with Crippen molar-refractivity contribution in [2.45, 2.75) is 19.5 Å². The molecular formula is C16H21FN4OS. The monoisotopic (exact) mass is 336 g/mol. The first-order chi connectivity index (χ1) is 11.0. The molecule has 0 radical (unpaired) electrons. The molecule has 0 unspecified atom stereocenters. The van der Waals surface area contributed by atoms with E-state index in [0.29, 0.717) is 37.3 Å². The Hall–Kier alpha value is -1.83. The molecule has 1 aromatic heterocycles. The standard InChI is InChI=1S/C16H21FN4OS/c1-21(2)9-12-7-11(3-4-13(12)17)8-19-16(22)14-10-23-15(20-14)5-6-18/h3-4,7,10H,5-6,8-9,18H2,1-2H3,(H,19,22). The van der Waals surface area contributed by atoms with Crippen LogP contribution in [0.15, 0.2) is 23.6 Å². The fourth-order valence-corrected chi connectivity index (χ4v) is 2.92. The van der Waals surface area contributed by atoms with E-state index >= 15 is 0 Å². The molecule has 0 aliphatic rings. The predicted octanol–water partition coefficient (Wildman–Crippen LogP) is 1.77. The molecule has 7 heteroatoms. The number of carbonyl (C=O) groups is 1. The van der Waals surface area contributed by atoms with Gasteiger partial charge in [0.25, 0.3) is 5.91 Å². The van der Waals surface area contributed by atoms with Crippen LogP contribution in [-0.4, -0.2) is 36.4 Å². The topological polar surface area (TPSA) is 71.2 Å². The van der Waals surface area contributed by atoms with Crippen molar-refractivity contribution in [3.05, 3.63) is 51.2 Å². The number of hydrogen-bond donors (Lipinski definition) is 2. The Bertz CT molecular complexity index is 672. The summed E-state index contributed by atoms with van der Waals surface area (Å²) in [6.07, 6.45) is 0.670. The quantitative estimate of drug-likeness (QED) is 0.808. The van der Waals surface area contributed by atoms with Crippen LogP contribution >= 0.6 is 11.3 Å².